The lowest BCUT2D eigenvalue weighted by atomic mass is 10.1. The van der Waals surface area contributed by atoms with E-state index < -0.39 is 22.0 Å². The number of sulfonamides is 1. The summed E-state index contributed by atoms with van der Waals surface area (Å²) in [7, 11) is -3.75. The van der Waals surface area contributed by atoms with E-state index >= 15 is 0 Å². The lowest BCUT2D eigenvalue weighted by Gasteiger charge is -2.34. The fourth-order valence-electron chi connectivity index (χ4n) is 3.92. The van der Waals surface area contributed by atoms with Gasteiger partial charge in [-0.3, -0.25) is 13.9 Å². The van der Waals surface area contributed by atoms with Crippen molar-refractivity contribution in [1.29, 1.82) is 0 Å². The molecule has 0 aliphatic carbocycles. The smallest absolute Gasteiger partial charge is 0.244 e. The number of carbonyl (C=O) groups is 2. The van der Waals surface area contributed by atoms with Gasteiger partial charge in [0.25, 0.3) is 0 Å². The minimum Gasteiger partial charge on any atom is -0.352 e. The Labute approximate surface area is 204 Å². The topological polar surface area (TPSA) is 86.8 Å². The monoisotopic (exact) mass is 487 g/mol. The van der Waals surface area contributed by atoms with Crippen molar-refractivity contribution in [2.24, 2.45) is 0 Å². The van der Waals surface area contributed by atoms with Crippen molar-refractivity contribution in [2.75, 3.05) is 17.1 Å². The molecule has 0 unspecified atom stereocenters. The molecule has 0 radical (unpaired) electrons. The Kier molecular flexibility index (Phi) is 9.67. The summed E-state index contributed by atoms with van der Waals surface area (Å²) < 4.78 is 26.7. The molecule has 2 atom stereocenters. The second-order valence-corrected chi connectivity index (χ2v) is 10.7. The fraction of sp³-hybridized carbons (Fsp3) is 0.462. The molecule has 7 nitrogen and oxygen atoms in total. The minimum atomic E-state index is -3.75. The van der Waals surface area contributed by atoms with Crippen molar-refractivity contribution >= 4 is 27.5 Å². The van der Waals surface area contributed by atoms with Crippen molar-refractivity contribution in [2.45, 2.75) is 66.1 Å². The molecule has 1 N–H and O–H groups in total. The predicted octanol–water partition coefficient (Wildman–Crippen LogP) is 3.79. The second kappa shape index (κ2) is 12.0. The first kappa shape index (κ1) is 27.4. The van der Waals surface area contributed by atoms with E-state index in [1.807, 2.05) is 83.1 Å². The van der Waals surface area contributed by atoms with Gasteiger partial charge in [0.1, 0.15) is 12.6 Å². The van der Waals surface area contributed by atoms with E-state index in [2.05, 4.69) is 5.32 Å². The SMILES string of the molecule is CC[C@@H](C)NC(=O)[C@H](CC)N(Cc1ccccc1)C(=O)CN(c1c(C)cccc1C)S(C)(=O)=O. The Balaban J connectivity index is 2.47. The van der Waals surface area contributed by atoms with Crippen molar-refractivity contribution in [3.63, 3.8) is 0 Å². The van der Waals surface area contributed by atoms with Crippen LogP contribution >= 0.6 is 0 Å². The summed E-state index contributed by atoms with van der Waals surface area (Å²) in [4.78, 5) is 28.3. The Morgan fingerprint density at radius 2 is 1.53 bits per heavy atom. The molecule has 0 bridgehead atoms. The zero-order chi connectivity index (χ0) is 25.5. The standard InChI is InChI=1S/C26H37N3O4S/c1-7-21(5)27-26(31)23(8-2)28(17-22-15-10-9-11-16-22)24(30)18-29(34(6,32)33)25-19(3)13-12-14-20(25)4/h9-16,21,23H,7-8,17-18H2,1-6H3,(H,27,31)/t21-,23+/m1/s1. The second-order valence-electron chi connectivity index (χ2n) is 8.76. The molecule has 2 aromatic carbocycles. The molecule has 34 heavy (non-hydrogen) atoms. The molecule has 0 aromatic heterocycles. The average molecular weight is 488 g/mol. The normalized spacial score (nSPS) is 13.1. The summed E-state index contributed by atoms with van der Waals surface area (Å²) in [6.45, 7) is 9.21. The molecule has 0 spiro atoms. The van der Waals surface area contributed by atoms with Gasteiger partial charge in [0, 0.05) is 12.6 Å². The van der Waals surface area contributed by atoms with Crippen LogP contribution in [0, 0.1) is 13.8 Å². The molecule has 2 aromatic rings. The van der Waals surface area contributed by atoms with Gasteiger partial charge < -0.3 is 10.2 Å². The van der Waals surface area contributed by atoms with Crippen LogP contribution in [0.4, 0.5) is 5.69 Å². The van der Waals surface area contributed by atoms with Crippen LogP contribution in [0.15, 0.2) is 48.5 Å². The lowest BCUT2D eigenvalue weighted by Crippen LogP contribution is -2.53. The van der Waals surface area contributed by atoms with Gasteiger partial charge in [0.15, 0.2) is 0 Å². The molecular weight excluding hydrogens is 450 g/mol. The number of amides is 2. The van der Waals surface area contributed by atoms with Gasteiger partial charge in [-0.2, -0.15) is 0 Å². The highest BCUT2D eigenvalue weighted by atomic mass is 32.2. The van der Waals surface area contributed by atoms with Gasteiger partial charge in [-0.05, 0) is 50.3 Å². The Bertz CT molecular complexity index is 1070. The van der Waals surface area contributed by atoms with Crippen molar-refractivity contribution in [3.8, 4) is 0 Å². The predicted molar refractivity (Wildman–Crippen MR) is 137 cm³/mol. The highest BCUT2D eigenvalue weighted by molar-refractivity contribution is 7.92. The average Bonchev–Trinajstić information content (AvgIpc) is 2.77. The number of para-hydroxylation sites is 1. The van der Waals surface area contributed by atoms with Gasteiger partial charge >= 0.3 is 0 Å². The summed E-state index contributed by atoms with van der Waals surface area (Å²) >= 11 is 0. The third kappa shape index (κ3) is 7.06. The van der Waals surface area contributed by atoms with Crippen LogP contribution in [-0.2, 0) is 26.2 Å². The molecule has 2 amide bonds. The summed E-state index contributed by atoms with van der Waals surface area (Å²) in [6.07, 6.45) is 2.27. The van der Waals surface area contributed by atoms with Crippen LogP contribution < -0.4 is 9.62 Å². The summed E-state index contributed by atoms with van der Waals surface area (Å²) in [5.74, 6) is -0.665. The van der Waals surface area contributed by atoms with Gasteiger partial charge in [0.2, 0.25) is 21.8 Å². The van der Waals surface area contributed by atoms with Crippen LogP contribution in [0.1, 0.15) is 50.3 Å². The maximum absolute atomic E-state index is 13.7. The third-order valence-electron chi connectivity index (χ3n) is 5.95. The largest absolute Gasteiger partial charge is 0.352 e. The van der Waals surface area contributed by atoms with E-state index in [1.54, 1.807) is 0 Å². The Morgan fingerprint density at radius 1 is 0.941 bits per heavy atom. The van der Waals surface area contributed by atoms with Crippen LogP contribution in [0.5, 0.6) is 0 Å². The quantitative estimate of drug-likeness (QED) is 0.522. The Hall–Kier alpha value is -2.87. The van der Waals surface area contributed by atoms with Crippen LogP contribution in [0.3, 0.4) is 0 Å². The van der Waals surface area contributed by atoms with E-state index in [0.29, 0.717) is 12.1 Å². The summed E-state index contributed by atoms with van der Waals surface area (Å²) in [6, 6.07) is 14.1. The molecule has 186 valence electrons. The number of hydrogen-bond donors (Lipinski definition) is 1. The number of aryl methyl sites for hydroxylation is 2. The van der Waals surface area contributed by atoms with Crippen molar-refractivity contribution < 1.29 is 18.0 Å². The molecule has 0 fully saturated rings. The van der Waals surface area contributed by atoms with Crippen LogP contribution in [0.25, 0.3) is 0 Å². The van der Waals surface area contributed by atoms with Crippen LogP contribution in [-0.4, -0.2) is 50.0 Å². The lowest BCUT2D eigenvalue weighted by molar-refractivity contribution is -0.140. The molecule has 0 aliphatic heterocycles. The molecule has 8 heteroatoms. The van der Waals surface area contributed by atoms with Gasteiger partial charge in [-0.15, -0.1) is 0 Å². The van der Waals surface area contributed by atoms with Crippen molar-refractivity contribution in [3.05, 3.63) is 65.2 Å². The van der Waals surface area contributed by atoms with Gasteiger partial charge in [-0.25, -0.2) is 8.42 Å². The summed E-state index contributed by atoms with van der Waals surface area (Å²) in [5.41, 5.74) is 2.88. The van der Waals surface area contributed by atoms with Crippen LogP contribution in [0.2, 0.25) is 0 Å². The zero-order valence-corrected chi connectivity index (χ0v) is 21.9. The number of nitrogens with zero attached hydrogens (tertiary/aromatic N) is 2. The molecule has 0 saturated carbocycles. The number of benzene rings is 2. The van der Waals surface area contributed by atoms with E-state index in [-0.39, 0.29) is 25.0 Å². The highest BCUT2D eigenvalue weighted by Crippen LogP contribution is 2.27. The Morgan fingerprint density at radius 3 is 2.03 bits per heavy atom. The molecule has 0 saturated heterocycles. The molecule has 0 heterocycles. The molecular formula is C26H37N3O4S. The third-order valence-corrected chi connectivity index (χ3v) is 7.06. The first-order chi connectivity index (χ1) is 16.0. The van der Waals surface area contributed by atoms with E-state index in [9.17, 15) is 18.0 Å². The van der Waals surface area contributed by atoms with E-state index in [0.717, 1.165) is 33.7 Å². The maximum atomic E-state index is 13.7. The number of carbonyl (C=O) groups excluding carboxylic acids is 2. The summed E-state index contributed by atoms with van der Waals surface area (Å²) in [5, 5.41) is 2.97. The number of hydrogen-bond acceptors (Lipinski definition) is 4. The first-order valence-electron chi connectivity index (χ1n) is 11.7. The van der Waals surface area contributed by atoms with Gasteiger partial charge in [0.05, 0.1) is 11.9 Å². The number of anilines is 1. The maximum Gasteiger partial charge on any atom is 0.244 e. The minimum absolute atomic E-state index is 0.0302. The first-order valence-corrected chi connectivity index (χ1v) is 13.5. The molecule has 2 rings (SSSR count). The van der Waals surface area contributed by atoms with Crippen molar-refractivity contribution in [1.82, 2.24) is 10.2 Å². The fourth-order valence-corrected chi connectivity index (χ4v) is 4.88. The number of nitrogens with one attached hydrogen (secondary N) is 1. The van der Waals surface area contributed by atoms with Gasteiger partial charge in [-0.1, -0.05) is 62.4 Å². The zero-order valence-electron chi connectivity index (χ0n) is 21.0. The molecule has 0 aliphatic rings. The van der Waals surface area contributed by atoms with E-state index in [1.165, 1.54) is 4.90 Å². The number of rotatable bonds is 11. The van der Waals surface area contributed by atoms with E-state index in [4.69, 9.17) is 0 Å². The highest BCUT2D eigenvalue weighted by Gasteiger charge is 2.32.